The third-order valence-corrected chi connectivity index (χ3v) is 4.61. The van der Waals surface area contributed by atoms with Crippen LogP contribution in [0, 0.1) is 16.7 Å². The Kier molecular flexibility index (Phi) is 2.21. The molecular formula is C13H21NO. The van der Waals surface area contributed by atoms with Crippen molar-refractivity contribution in [2.24, 2.45) is 21.9 Å². The molecule has 1 fully saturated rings. The first kappa shape index (κ1) is 10.7. The lowest BCUT2D eigenvalue weighted by atomic mass is 9.56. The van der Waals surface area contributed by atoms with Gasteiger partial charge in [-0.15, -0.1) is 0 Å². The van der Waals surface area contributed by atoms with Crippen LogP contribution >= 0.6 is 0 Å². The summed E-state index contributed by atoms with van der Waals surface area (Å²) >= 11 is 0. The topological polar surface area (TPSA) is 32.6 Å². The highest BCUT2D eigenvalue weighted by molar-refractivity contribution is 6.01. The van der Waals surface area contributed by atoms with E-state index in [0.717, 1.165) is 5.71 Å². The van der Waals surface area contributed by atoms with Crippen molar-refractivity contribution in [3.63, 3.8) is 0 Å². The first-order chi connectivity index (χ1) is 6.92. The van der Waals surface area contributed by atoms with E-state index in [1.165, 1.54) is 24.8 Å². The molecule has 0 aromatic carbocycles. The van der Waals surface area contributed by atoms with Crippen LogP contribution in [0.2, 0.25) is 0 Å². The van der Waals surface area contributed by atoms with Gasteiger partial charge in [0.2, 0.25) is 0 Å². The van der Waals surface area contributed by atoms with Gasteiger partial charge in [0, 0.05) is 5.92 Å². The van der Waals surface area contributed by atoms with Gasteiger partial charge in [-0.2, -0.15) is 0 Å². The number of nitrogens with zero attached hydrogens (tertiary/aromatic N) is 1. The maximum absolute atomic E-state index is 9.11. The first-order valence-corrected chi connectivity index (χ1v) is 5.82. The lowest BCUT2D eigenvalue weighted by Crippen LogP contribution is -2.43. The average molecular weight is 207 g/mol. The van der Waals surface area contributed by atoms with Gasteiger partial charge in [0.05, 0.1) is 5.71 Å². The van der Waals surface area contributed by atoms with Crippen LogP contribution in [0.25, 0.3) is 0 Å². The Labute approximate surface area is 92.1 Å². The fourth-order valence-corrected chi connectivity index (χ4v) is 3.77. The molecule has 0 saturated heterocycles. The summed E-state index contributed by atoms with van der Waals surface area (Å²) in [6, 6.07) is 0. The van der Waals surface area contributed by atoms with Crippen LogP contribution in [0.4, 0.5) is 0 Å². The number of hydrogen-bond donors (Lipinski definition) is 1. The van der Waals surface area contributed by atoms with Crippen molar-refractivity contribution in [1.82, 2.24) is 0 Å². The highest BCUT2D eigenvalue weighted by Crippen LogP contribution is 2.58. The summed E-state index contributed by atoms with van der Waals surface area (Å²) in [7, 11) is 0. The largest absolute Gasteiger partial charge is 0.411 e. The van der Waals surface area contributed by atoms with Crippen molar-refractivity contribution in [3.8, 4) is 0 Å². The van der Waals surface area contributed by atoms with E-state index in [1.807, 2.05) is 0 Å². The Morgan fingerprint density at radius 1 is 1.33 bits per heavy atom. The molecule has 2 atom stereocenters. The van der Waals surface area contributed by atoms with Crippen molar-refractivity contribution >= 4 is 5.71 Å². The number of fused-ring (bicyclic) bond motifs is 1. The van der Waals surface area contributed by atoms with Gasteiger partial charge in [-0.05, 0) is 36.7 Å². The molecular weight excluding hydrogens is 186 g/mol. The Morgan fingerprint density at radius 3 is 2.60 bits per heavy atom. The second-order valence-corrected chi connectivity index (χ2v) is 6.04. The van der Waals surface area contributed by atoms with E-state index in [9.17, 15) is 0 Å². The van der Waals surface area contributed by atoms with E-state index < -0.39 is 0 Å². The lowest BCUT2D eigenvalue weighted by molar-refractivity contribution is 0.0819. The molecule has 84 valence electrons. The molecule has 2 heteroatoms. The zero-order chi connectivity index (χ0) is 11.3. The summed E-state index contributed by atoms with van der Waals surface area (Å²) in [5, 5.41) is 12.6. The summed E-state index contributed by atoms with van der Waals surface area (Å²) in [6.07, 6.45) is 5.82. The van der Waals surface area contributed by atoms with Gasteiger partial charge in [0.25, 0.3) is 0 Å². The zero-order valence-corrected chi connectivity index (χ0v) is 10.2. The summed E-state index contributed by atoms with van der Waals surface area (Å²) in [6.45, 7) is 9.09. The number of rotatable bonds is 0. The Bertz CT molecular complexity index is 340. The van der Waals surface area contributed by atoms with Gasteiger partial charge in [-0.3, -0.25) is 0 Å². The van der Waals surface area contributed by atoms with Gasteiger partial charge in [-0.1, -0.05) is 37.9 Å². The third kappa shape index (κ3) is 1.34. The summed E-state index contributed by atoms with van der Waals surface area (Å²) in [5.41, 5.74) is 2.75. The van der Waals surface area contributed by atoms with E-state index in [4.69, 9.17) is 5.21 Å². The normalized spacial score (nSPS) is 41.5. The van der Waals surface area contributed by atoms with Crippen molar-refractivity contribution in [1.29, 1.82) is 0 Å². The fraction of sp³-hybridized carbons (Fsp3) is 0.769. The molecule has 2 nitrogen and oxygen atoms in total. The molecule has 15 heavy (non-hydrogen) atoms. The van der Waals surface area contributed by atoms with Crippen LogP contribution in [-0.4, -0.2) is 10.9 Å². The van der Waals surface area contributed by atoms with Crippen LogP contribution in [0.3, 0.4) is 0 Å². The molecule has 1 N–H and O–H groups in total. The van der Waals surface area contributed by atoms with Gasteiger partial charge < -0.3 is 5.21 Å². The van der Waals surface area contributed by atoms with E-state index >= 15 is 0 Å². The van der Waals surface area contributed by atoms with Crippen LogP contribution in [0.15, 0.2) is 16.8 Å². The standard InChI is InChI=1S/C13H21NO/c1-9-8-10(14-15)11-12(2,3)6-5-7-13(9,11)4/h8,11,15H,5-7H2,1-4H3/b14-10+/t11-,13-/m0/s1. The van der Waals surface area contributed by atoms with Crippen LogP contribution in [-0.2, 0) is 0 Å². The number of hydrogen-bond acceptors (Lipinski definition) is 2. The smallest absolute Gasteiger partial charge is 0.0840 e. The van der Waals surface area contributed by atoms with Crippen LogP contribution in [0.1, 0.15) is 47.0 Å². The minimum Gasteiger partial charge on any atom is -0.411 e. The molecule has 0 bridgehead atoms. The SMILES string of the molecule is CC1=C/C(=N\O)[C@H]2C(C)(C)CCC[C@@]12C. The van der Waals surface area contributed by atoms with Crippen molar-refractivity contribution in [3.05, 3.63) is 11.6 Å². The maximum Gasteiger partial charge on any atom is 0.0840 e. The van der Waals surface area contributed by atoms with Crippen molar-refractivity contribution in [2.75, 3.05) is 0 Å². The molecule has 0 heterocycles. The molecule has 2 rings (SSSR count). The van der Waals surface area contributed by atoms with Crippen molar-refractivity contribution in [2.45, 2.75) is 47.0 Å². The van der Waals surface area contributed by atoms with E-state index in [1.54, 1.807) is 0 Å². The highest BCUT2D eigenvalue weighted by Gasteiger charge is 2.52. The summed E-state index contributed by atoms with van der Waals surface area (Å²) in [4.78, 5) is 0. The lowest BCUT2D eigenvalue weighted by Gasteiger charge is -2.48. The predicted molar refractivity (Wildman–Crippen MR) is 62.2 cm³/mol. The van der Waals surface area contributed by atoms with E-state index in [2.05, 4.69) is 38.9 Å². The molecule has 2 aliphatic carbocycles. The van der Waals surface area contributed by atoms with E-state index in [-0.39, 0.29) is 10.8 Å². The molecule has 0 unspecified atom stereocenters. The molecule has 2 aliphatic rings. The second-order valence-electron chi connectivity index (χ2n) is 6.04. The minimum atomic E-state index is 0.226. The van der Waals surface area contributed by atoms with Gasteiger partial charge >= 0.3 is 0 Å². The quantitative estimate of drug-likeness (QED) is 0.477. The maximum atomic E-state index is 9.11. The highest BCUT2D eigenvalue weighted by atomic mass is 16.4. The Balaban J connectivity index is 2.48. The zero-order valence-electron chi connectivity index (χ0n) is 10.2. The molecule has 0 spiro atoms. The molecule has 1 saturated carbocycles. The van der Waals surface area contributed by atoms with Gasteiger partial charge in [0.1, 0.15) is 0 Å². The third-order valence-electron chi connectivity index (χ3n) is 4.61. The minimum absolute atomic E-state index is 0.226. The number of oxime groups is 1. The van der Waals surface area contributed by atoms with Crippen LogP contribution in [0.5, 0.6) is 0 Å². The average Bonchev–Trinajstić information content (AvgIpc) is 2.39. The van der Waals surface area contributed by atoms with Gasteiger partial charge in [-0.25, -0.2) is 0 Å². The molecule has 0 aliphatic heterocycles. The Morgan fingerprint density at radius 2 is 2.00 bits per heavy atom. The van der Waals surface area contributed by atoms with Gasteiger partial charge in [0.15, 0.2) is 0 Å². The molecule has 0 radical (unpaired) electrons. The number of allylic oxidation sites excluding steroid dienone is 2. The molecule has 0 aromatic rings. The van der Waals surface area contributed by atoms with Crippen molar-refractivity contribution < 1.29 is 5.21 Å². The first-order valence-electron chi connectivity index (χ1n) is 5.82. The molecule has 0 amide bonds. The fourth-order valence-electron chi connectivity index (χ4n) is 3.77. The summed E-state index contributed by atoms with van der Waals surface area (Å²) in [5.74, 6) is 0.392. The molecule has 0 aromatic heterocycles. The second kappa shape index (κ2) is 3.10. The monoisotopic (exact) mass is 207 g/mol. The van der Waals surface area contributed by atoms with Crippen LogP contribution < -0.4 is 0 Å². The van der Waals surface area contributed by atoms with E-state index in [0.29, 0.717) is 5.92 Å². The summed E-state index contributed by atoms with van der Waals surface area (Å²) < 4.78 is 0. The Hall–Kier alpha value is -0.790. The predicted octanol–water partition coefficient (Wildman–Crippen LogP) is 3.61.